The summed E-state index contributed by atoms with van der Waals surface area (Å²) < 4.78 is 29.2. The number of nitrogens with one attached hydrogen (secondary N) is 1. The fraction of sp³-hybridized carbons (Fsp3) is 0. The van der Waals surface area contributed by atoms with Crippen LogP contribution in [0.1, 0.15) is 0 Å². The molecular weight excluding hydrogens is 510 g/mol. The minimum atomic E-state index is -4.00. The van der Waals surface area contributed by atoms with Crippen molar-refractivity contribution in [3.63, 3.8) is 0 Å². The highest BCUT2D eigenvalue weighted by atomic mass is 32.2. The Balaban J connectivity index is 0.000000181. The number of rotatable bonds is 3. The molecule has 0 aromatic heterocycles. The zero-order valence-electron chi connectivity index (χ0n) is 20.8. The van der Waals surface area contributed by atoms with Crippen molar-refractivity contribution in [1.82, 2.24) is 0 Å². The summed E-state index contributed by atoms with van der Waals surface area (Å²) >= 11 is 0. The van der Waals surface area contributed by atoms with Gasteiger partial charge in [0.2, 0.25) is 0 Å². The molecule has 6 aromatic carbocycles. The molecule has 0 radical (unpaired) electrons. The van der Waals surface area contributed by atoms with Crippen molar-refractivity contribution in [1.29, 1.82) is 0 Å². The number of benzene rings is 6. The largest absolute Gasteiger partial charge is 0.507 e. The van der Waals surface area contributed by atoms with Crippen molar-refractivity contribution in [2.75, 3.05) is 5.32 Å². The average molecular weight is 538 g/mol. The van der Waals surface area contributed by atoms with E-state index < -0.39 is 10.1 Å². The molecule has 0 atom stereocenters. The summed E-state index contributed by atoms with van der Waals surface area (Å²) in [7, 11) is -4.00. The van der Waals surface area contributed by atoms with Crippen LogP contribution in [0.15, 0.2) is 144 Å². The lowest BCUT2D eigenvalue weighted by Crippen LogP contribution is -1.96. The van der Waals surface area contributed by atoms with Crippen molar-refractivity contribution in [2.24, 2.45) is 0 Å². The first-order valence-corrected chi connectivity index (χ1v) is 13.5. The molecule has 0 unspecified atom stereocenters. The van der Waals surface area contributed by atoms with Crippen LogP contribution in [0.25, 0.3) is 21.5 Å². The standard InChI is InChI=1S/C20H15NO2.C6H6O3S.C6H6/c22-17-10-4-7-14-6-3-9-16(19(14)17)21-20-15-8-2-1-5-13(15)11-12-18(20)23;7-10(8,9)6-4-2-1-3-5-6;1-2-4-6-5-3-1/h1-12,21-23H;1-5H,(H,7,8,9);1-6H. The van der Waals surface area contributed by atoms with E-state index in [9.17, 15) is 18.6 Å². The van der Waals surface area contributed by atoms with Gasteiger partial charge in [0.15, 0.2) is 0 Å². The summed E-state index contributed by atoms with van der Waals surface area (Å²) in [5, 5.41) is 27.4. The van der Waals surface area contributed by atoms with Crippen molar-refractivity contribution in [3.8, 4) is 11.5 Å². The third-order valence-corrected chi connectivity index (χ3v) is 6.63. The molecule has 0 fully saturated rings. The minimum Gasteiger partial charge on any atom is -0.507 e. The zero-order chi connectivity index (χ0) is 27.7. The molecule has 0 aliphatic carbocycles. The second kappa shape index (κ2) is 12.6. The molecule has 0 saturated heterocycles. The normalized spacial score (nSPS) is 10.6. The van der Waals surface area contributed by atoms with Crippen molar-refractivity contribution >= 4 is 43.0 Å². The van der Waals surface area contributed by atoms with E-state index in [0.717, 1.165) is 27.2 Å². The van der Waals surface area contributed by atoms with Crippen molar-refractivity contribution < 1.29 is 23.2 Å². The van der Waals surface area contributed by atoms with Crippen LogP contribution in [0.5, 0.6) is 11.5 Å². The van der Waals surface area contributed by atoms with Gasteiger partial charge in [0.1, 0.15) is 11.5 Å². The van der Waals surface area contributed by atoms with Crippen LogP contribution < -0.4 is 5.32 Å². The molecule has 0 amide bonds. The Bertz CT molecular complexity index is 1740. The van der Waals surface area contributed by atoms with Gasteiger partial charge in [-0.3, -0.25) is 4.55 Å². The van der Waals surface area contributed by atoms with E-state index >= 15 is 0 Å². The number of aromatic hydroxyl groups is 2. The summed E-state index contributed by atoms with van der Waals surface area (Å²) in [5.74, 6) is 0.390. The maximum Gasteiger partial charge on any atom is 0.294 e. The third kappa shape index (κ3) is 7.13. The highest BCUT2D eigenvalue weighted by Gasteiger charge is 2.11. The highest BCUT2D eigenvalue weighted by molar-refractivity contribution is 7.85. The SMILES string of the molecule is O=S(=O)(O)c1ccccc1.Oc1ccc2ccccc2c1Nc1cccc2cccc(O)c12.c1ccccc1. The molecule has 6 nitrogen and oxygen atoms in total. The number of phenolic OH excluding ortho intramolecular Hbond substituents is 2. The van der Waals surface area contributed by atoms with E-state index in [1.54, 1.807) is 30.3 Å². The quantitative estimate of drug-likeness (QED) is 0.136. The minimum absolute atomic E-state index is 0.0741. The van der Waals surface area contributed by atoms with Gasteiger partial charge in [0.05, 0.1) is 16.3 Å². The van der Waals surface area contributed by atoms with Gasteiger partial charge in [-0.1, -0.05) is 109 Å². The Hall–Kier alpha value is -4.85. The topological polar surface area (TPSA) is 107 Å². The Labute approximate surface area is 227 Å². The molecule has 0 aliphatic rings. The lowest BCUT2D eigenvalue weighted by molar-refractivity contribution is 0.478. The van der Waals surface area contributed by atoms with E-state index in [0.29, 0.717) is 5.69 Å². The average Bonchev–Trinajstić information content (AvgIpc) is 2.96. The molecule has 39 heavy (non-hydrogen) atoms. The van der Waals surface area contributed by atoms with E-state index in [-0.39, 0.29) is 16.4 Å². The summed E-state index contributed by atoms with van der Waals surface area (Å²) in [4.78, 5) is -0.0741. The molecule has 6 rings (SSSR count). The van der Waals surface area contributed by atoms with E-state index in [1.807, 2.05) is 97.1 Å². The lowest BCUT2D eigenvalue weighted by atomic mass is 10.1. The first kappa shape index (κ1) is 27.2. The monoisotopic (exact) mass is 537 g/mol. The fourth-order valence-electron chi connectivity index (χ4n) is 3.93. The van der Waals surface area contributed by atoms with Crippen LogP contribution in [-0.2, 0) is 10.1 Å². The van der Waals surface area contributed by atoms with Crippen LogP contribution in [0, 0.1) is 0 Å². The number of anilines is 2. The molecule has 0 heterocycles. The first-order chi connectivity index (χ1) is 18.8. The van der Waals surface area contributed by atoms with Crippen LogP contribution in [0.4, 0.5) is 11.4 Å². The highest BCUT2D eigenvalue weighted by Crippen LogP contribution is 2.38. The molecule has 0 bridgehead atoms. The molecule has 6 aromatic rings. The van der Waals surface area contributed by atoms with Crippen LogP contribution in [0.3, 0.4) is 0 Å². The number of phenols is 2. The number of hydrogen-bond donors (Lipinski definition) is 4. The van der Waals surface area contributed by atoms with E-state index in [1.165, 1.54) is 12.1 Å². The molecule has 0 saturated carbocycles. The second-order valence-electron chi connectivity index (χ2n) is 8.43. The summed E-state index contributed by atoms with van der Waals surface area (Å²) in [6, 6.07) is 42.0. The number of fused-ring (bicyclic) bond motifs is 2. The molecule has 0 aliphatic heterocycles. The lowest BCUT2D eigenvalue weighted by Gasteiger charge is -2.14. The first-order valence-electron chi connectivity index (χ1n) is 12.1. The molecule has 4 N–H and O–H groups in total. The molecule has 196 valence electrons. The van der Waals surface area contributed by atoms with Crippen molar-refractivity contribution in [3.05, 3.63) is 140 Å². The predicted molar refractivity (Wildman–Crippen MR) is 157 cm³/mol. The van der Waals surface area contributed by atoms with Crippen LogP contribution in [0.2, 0.25) is 0 Å². The Morgan fingerprint density at radius 2 is 1.05 bits per heavy atom. The maximum atomic E-state index is 10.4. The Morgan fingerprint density at radius 1 is 0.513 bits per heavy atom. The van der Waals surface area contributed by atoms with E-state index in [4.69, 9.17) is 4.55 Å². The van der Waals surface area contributed by atoms with Gasteiger partial charge >= 0.3 is 0 Å². The van der Waals surface area contributed by atoms with Gasteiger partial charge in [-0.2, -0.15) is 8.42 Å². The van der Waals surface area contributed by atoms with Gasteiger partial charge in [-0.25, -0.2) is 0 Å². The smallest absolute Gasteiger partial charge is 0.294 e. The van der Waals surface area contributed by atoms with E-state index in [2.05, 4.69) is 5.32 Å². The Morgan fingerprint density at radius 3 is 1.67 bits per heavy atom. The predicted octanol–water partition coefficient (Wildman–Crippen LogP) is 7.77. The van der Waals surface area contributed by atoms with Gasteiger partial charge in [-0.05, 0) is 41.1 Å². The fourth-order valence-corrected chi connectivity index (χ4v) is 4.43. The second-order valence-corrected chi connectivity index (χ2v) is 9.85. The van der Waals surface area contributed by atoms with Gasteiger partial charge in [0, 0.05) is 10.8 Å². The molecule has 0 spiro atoms. The Kier molecular flexibility index (Phi) is 8.78. The summed E-state index contributed by atoms with van der Waals surface area (Å²) in [5.41, 5.74) is 1.39. The summed E-state index contributed by atoms with van der Waals surface area (Å²) in [6.45, 7) is 0. The zero-order valence-corrected chi connectivity index (χ0v) is 21.7. The van der Waals surface area contributed by atoms with Crippen LogP contribution in [-0.4, -0.2) is 23.2 Å². The molecule has 7 heteroatoms. The van der Waals surface area contributed by atoms with Gasteiger partial charge in [0.25, 0.3) is 10.1 Å². The van der Waals surface area contributed by atoms with Crippen molar-refractivity contribution in [2.45, 2.75) is 4.90 Å². The van der Waals surface area contributed by atoms with Gasteiger partial charge < -0.3 is 15.5 Å². The molecular formula is C32H27NO5S. The summed E-state index contributed by atoms with van der Waals surface area (Å²) in [6.07, 6.45) is 0. The maximum absolute atomic E-state index is 10.4. The van der Waals surface area contributed by atoms with Gasteiger partial charge in [-0.15, -0.1) is 0 Å². The third-order valence-electron chi connectivity index (χ3n) is 5.76. The number of hydrogen-bond acceptors (Lipinski definition) is 5. The van der Waals surface area contributed by atoms with Crippen LogP contribution >= 0.6 is 0 Å².